The van der Waals surface area contributed by atoms with E-state index in [2.05, 4.69) is 25.1 Å². The number of carbonyl (C=O) groups excluding carboxylic acids is 1. The fourth-order valence-corrected chi connectivity index (χ4v) is 7.60. The number of nitrogens with zero attached hydrogens (tertiary/aromatic N) is 5. The largest absolute Gasteiger partial charge is 0.462 e. The summed E-state index contributed by atoms with van der Waals surface area (Å²) in [5.41, 5.74) is 0.950. The Bertz CT molecular complexity index is 1740. The van der Waals surface area contributed by atoms with E-state index in [4.69, 9.17) is 30.8 Å². The van der Waals surface area contributed by atoms with E-state index in [0.29, 0.717) is 59.7 Å². The maximum Gasteiger partial charge on any atom is 0.407 e. The molecule has 1 saturated carbocycles. The zero-order valence-electron chi connectivity index (χ0n) is 26.0. The number of halogens is 2. The first kappa shape index (κ1) is 30.8. The van der Waals surface area contributed by atoms with Crippen molar-refractivity contribution in [1.29, 1.82) is 0 Å². The van der Waals surface area contributed by atoms with Crippen LogP contribution in [0.1, 0.15) is 25.7 Å². The van der Waals surface area contributed by atoms with Crippen molar-refractivity contribution in [2.24, 2.45) is 11.8 Å². The van der Waals surface area contributed by atoms with Gasteiger partial charge in [-0.2, -0.15) is 9.97 Å². The molecule has 2 aromatic heterocycles. The van der Waals surface area contributed by atoms with Crippen LogP contribution >= 0.6 is 11.6 Å². The molecular formula is C34H38ClFN6O4. The molecule has 3 fully saturated rings. The van der Waals surface area contributed by atoms with Crippen LogP contribution in [0.2, 0.25) is 5.02 Å². The highest BCUT2D eigenvalue weighted by molar-refractivity contribution is 6.36. The van der Waals surface area contributed by atoms with Crippen molar-refractivity contribution >= 4 is 45.2 Å². The number of aromatic nitrogens is 3. The molecule has 2 unspecified atom stereocenters. The van der Waals surface area contributed by atoms with E-state index in [1.54, 1.807) is 19.4 Å². The number of likely N-dealkylation sites (tertiary alicyclic amines) is 1. The number of fused-ring (bicyclic) bond motifs is 4. The van der Waals surface area contributed by atoms with E-state index in [1.165, 1.54) is 19.3 Å². The van der Waals surface area contributed by atoms with Crippen molar-refractivity contribution in [1.82, 2.24) is 25.2 Å². The van der Waals surface area contributed by atoms with Gasteiger partial charge in [0, 0.05) is 67.9 Å². The molecule has 7 rings (SSSR count). The molecule has 12 heteroatoms. The molecule has 0 spiro atoms. The SMILES string of the molecule is COCCNC(=O)O[C@@H]1C[C@@H](COc2nc(N3CC4CCC(C4)C3)c3cnc(-c4cccc5cccc(Cl)c45)c(F)c3n2)N(C)C1. The maximum atomic E-state index is 16.7. The summed E-state index contributed by atoms with van der Waals surface area (Å²) < 4.78 is 33.4. The van der Waals surface area contributed by atoms with Crippen LogP contribution in [0, 0.1) is 17.7 Å². The molecule has 1 amide bonds. The summed E-state index contributed by atoms with van der Waals surface area (Å²) in [5, 5.41) is 5.42. The molecule has 4 heterocycles. The third-order valence-corrected chi connectivity index (χ3v) is 9.88. The fourth-order valence-electron chi connectivity index (χ4n) is 7.32. The van der Waals surface area contributed by atoms with E-state index in [9.17, 15) is 4.79 Å². The monoisotopic (exact) mass is 648 g/mol. The number of carbonyl (C=O) groups is 1. The highest BCUT2D eigenvalue weighted by atomic mass is 35.5. The van der Waals surface area contributed by atoms with Crippen molar-refractivity contribution in [2.75, 3.05) is 58.5 Å². The van der Waals surface area contributed by atoms with Gasteiger partial charge in [-0.05, 0) is 49.6 Å². The average Bonchev–Trinajstić information content (AvgIpc) is 3.58. The average molecular weight is 649 g/mol. The van der Waals surface area contributed by atoms with E-state index >= 15 is 4.39 Å². The number of piperidine rings is 1. The Labute approximate surface area is 272 Å². The minimum Gasteiger partial charge on any atom is -0.462 e. The van der Waals surface area contributed by atoms with Crippen molar-refractivity contribution in [3.8, 4) is 17.3 Å². The minimum atomic E-state index is -0.538. The van der Waals surface area contributed by atoms with Crippen LogP contribution in [0.3, 0.4) is 0 Å². The molecule has 3 aliphatic rings. The second-order valence-corrected chi connectivity index (χ2v) is 13.1. The lowest BCUT2D eigenvalue weighted by Gasteiger charge is -2.33. The van der Waals surface area contributed by atoms with Crippen LogP contribution in [0.25, 0.3) is 32.9 Å². The summed E-state index contributed by atoms with van der Waals surface area (Å²) in [4.78, 5) is 30.7. The van der Waals surface area contributed by atoms with Gasteiger partial charge in [0.2, 0.25) is 0 Å². The molecule has 10 nitrogen and oxygen atoms in total. The van der Waals surface area contributed by atoms with Gasteiger partial charge >= 0.3 is 12.1 Å². The van der Waals surface area contributed by atoms with E-state index in [0.717, 1.165) is 23.9 Å². The molecule has 2 aliphatic heterocycles. The summed E-state index contributed by atoms with van der Waals surface area (Å²) in [5.74, 6) is 1.31. The standard InChI is InChI=1S/C34H38ClFN6O4/c1-41-18-24(46-34(43)37-11-12-44-2)14-23(41)19-45-33-39-31-26(32(40-33)42-16-20-9-10-21(13-20)17-42)15-38-30(29(31)36)25-7-3-5-22-6-4-8-27(35)28(22)25/h3-8,15,20-21,23-24H,9-14,16-19H2,1-2H3,(H,37,43)/t20?,21?,23-,24+/m0/s1. The van der Waals surface area contributed by atoms with Crippen molar-refractivity contribution in [3.05, 3.63) is 53.4 Å². The zero-order chi connectivity index (χ0) is 31.8. The van der Waals surface area contributed by atoms with E-state index < -0.39 is 11.9 Å². The molecule has 4 aromatic rings. The van der Waals surface area contributed by atoms with Crippen LogP contribution in [0.5, 0.6) is 6.01 Å². The van der Waals surface area contributed by atoms with Gasteiger partial charge in [0.1, 0.15) is 29.7 Å². The molecular weight excluding hydrogens is 611 g/mol. The van der Waals surface area contributed by atoms with Crippen molar-refractivity contribution in [2.45, 2.75) is 37.8 Å². The molecule has 2 aromatic carbocycles. The topological polar surface area (TPSA) is 102 Å². The number of methoxy groups -OCH3 is 1. The van der Waals surface area contributed by atoms with Gasteiger partial charge in [0.15, 0.2) is 5.82 Å². The Morgan fingerprint density at radius 3 is 2.65 bits per heavy atom. The Hall–Kier alpha value is -3.80. The molecule has 1 aliphatic carbocycles. The van der Waals surface area contributed by atoms with Gasteiger partial charge in [-0.1, -0.05) is 41.9 Å². The molecule has 0 radical (unpaired) electrons. The minimum absolute atomic E-state index is 0.0407. The number of alkyl carbamates (subject to hydrolysis) is 1. The lowest BCUT2D eigenvalue weighted by atomic mass is 9.98. The lowest BCUT2D eigenvalue weighted by molar-refractivity contribution is 0.0988. The van der Waals surface area contributed by atoms with Crippen LogP contribution < -0.4 is 15.0 Å². The van der Waals surface area contributed by atoms with Gasteiger partial charge in [-0.15, -0.1) is 0 Å². The normalized spacial score (nSPS) is 22.9. The lowest BCUT2D eigenvalue weighted by Crippen LogP contribution is -2.37. The maximum absolute atomic E-state index is 16.7. The number of hydrogen-bond donors (Lipinski definition) is 1. The predicted octanol–water partition coefficient (Wildman–Crippen LogP) is 5.70. The summed E-state index contributed by atoms with van der Waals surface area (Å²) in [6, 6.07) is 11.4. The van der Waals surface area contributed by atoms with Gasteiger partial charge < -0.3 is 24.4 Å². The molecule has 46 heavy (non-hydrogen) atoms. The Balaban J connectivity index is 1.19. The number of hydrogen-bond acceptors (Lipinski definition) is 9. The summed E-state index contributed by atoms with van der Waals surface area (Å²) in [7, 11) is 3.54. The number of ether oxygens (including phenoxy) is 3. The Kier molecular flexibility index (Phi) is 8.80. The Morgan fingerprint density at radius 1 is 1.09 bits per heavy atom. The van der Waals surface area contributed by atoms with Gasteiger partial charge in [0.05, 0.1) is 12.0 Å². The zero-order valence-corrected chi connectivity index (χ0v) is 26.8. The number of rotatable bonds is 9. The summed E-state index contributed by atoms with van der Waals surface area (Å²) >= 11 is 6.61. The first-order valence-electron chi connectivity index (χ1n) is 15.9. The van der Waals surface area contributed by atoms with Crippen molar-refractivity contribution < 1.29 is 23.4 Å². The summed E-state index contributed by atoms with van der Waals surface area (Å²) in [6.45, 7) is 3.35. The number of anilines is 1. The fraction of sp³-hybridized carbons (Fsp3) is 0.471. The molecule has 2 bridgehead atoms. The van der Waals surface area contributed by atoms with Gasteiger partial charge in [-0.25, -0.2) is 9.18 Å². The number of nitrogens with one attached hydrogen (secondary N) is 1. The van der Waals surface area contributed by atoms with Crippen LogP contribution in [0.4, 0.5) is 15.0 Å². The molecule has 1 N–H and O–H groups in total. The molecule has 2 saturated heterocycles. The Morgan fingerprint density at radius 2 is 1.87 bits per heavy atom. The predicted molar refractivity (Wildman–Crippen MR) is 175 cm³/mol. The molecule has 4 atom stereocenters. The third-order valence-electron chi connectivity index (χ3n) is 9.56. The first-order valence-corrected chi connectivity index (χ1v) is 16.3. The summed E-state index contributed by atoms with van der Waals surface area (Å²) in [6.07, 6.45) is 5.15. The second kappa shape index (κ2) is 13.1. The number of benzene rings is 2. The number of amides is 1. The van der Waals surface area contributed by atoms with E-state index in [1.807, 2.05) is 37.4 Å². The van der Waals surface area contributed by atoms with Crippen LogP contribution in [0.15, 0.2) is 42.6 Å². The third kappa shape index (κ3) is 6.15. The smallest absolute Gasteiger partial charge is 0.407 e. The quantitative estimate of drug-likeness (QED) is 0.229. The highest BCUT2D eigenvalue weighted by Gasteiger charge is 2.36. The first-order chi connectivity index (χ1) is 22.4. The van der Waals surface area contributed by atoms with Crippen LogP contribution in [-0.4, -0.2) is 91.6 Å². The number of pyridine rings is 1. The molecule has 242 valence electrons. The van der Waals surface area contributed by atoms with E-state index in [-0.39, 0.29) is 36.0 Å². The van der Waals surface area contributed by atoms with Gasteiger partial charge in [0.25, 0.3) is 0 Å². The second-order valence-electron chi connectivity index (χ2n) is 12.7. The van der Waals surface area contributed by atoms with Crippen LogP contribution in [-0.2, 0) is 9.47 Å². The van der Waals surface area contributed by atoms with Crippen molar-refractivity contribution in [3.63, 3.8) is 0 Å². The van der Waals surface area contributed by atoms with Gasteiger partial charge in [-0.3, -0.25) is 9.88 Å². The highest BCUT2D eigenvalue weighted by Crippen LogP contribution is 2.41. The number of likely N-dealkylation sites (N-methyl/N-ethyl adjacent to an activating group) is 1.